The maximum atomic E-state index is 12.5. The quantitative estimate of drug-likeness (QED) is 0.178. The predicted octanol–water partition coefficient (Wildman–Crippen LogP) is 7.24. The Morgan fingerprint density at radius 2 is 1.82 bits per heavy atom. The van der Waals surface area contributed by atoms with Crippen LogP contribution >= 0.6 is 55.2 Å². The zero-order valence-electron chi connectivity index (χ0n) is 17.1. The van der Waals surface area contributed by atoms with Crippen molar-refractivity contribution < 1.29 is 14.5 Å². The molecule has 1 aliphatic heterocycles. The summed E-state index contributed by atoms with van der Waals surface area (Å²) in [5.41, 5.74) is 1.65. The summed E-state index contributed by atoms with van der Waals surface area (Å²) in [6, 6.07) is 17.6. The minimum atomic E-state index is -0.570. The fraction of sp³-hybridized carbons (Fsp3) is 0.0435. The summed E-state index contributed by atoms with van der Waals surface area (Å²) in [7, 11) is 0. The molecule has 0 unspecified atom stereocenters. The van der Waals surface area contributed by atoms with Crippen LogP contribution in [0.1, 0.15) is 11.1 Å². The minimum absolute atomic E-state index is 0.101. The van der Waals surface area contributed by atoms with Crippen LogP contribution in [0.2, 0.25) is 5.02 Å². The second kappa shape index (κ2) is 10.7. The van der Waals surface area contributed by atoms with Crippen molar-refractivity contribution in [1.82, 2.24) is 5.32 Å². The van der Waals surface area contributed by atoms with E-state index in [4.69, 9.17) is 16.3 Å². The first-order valence-corrected chi connectivity index (χ1v) is 12.5. The van der Waals surface area contributed by atoms with E-state index in [0.29, 0.717) is 17.3 Å². The van der Waals surface area contributed by atoms with Crippen molar-refractivity contribution in [2.24, 2.45) is 4.99 Å². The molecule has 11 heteroatoms. The molecule has 4 rings (SSSR count). The van der Waals surface area contributed by atoms with E-state index >= 15 is 0 Å². The Bertz CT molecular complexity index is 1330. The van der Waals surface area contributed by atoms with E-state index in [9.17, 15) is 14.9 Å². The molecule has 7 nitrogen and oxygen atoms in total. The van der Waals surface area contributed by atoms with Crippen LogP contribution in [0.25, 0.3) is 6.08 Å². The molecule has 0 aromatic heterocycles. The predicted molar refractivity (Wildman–Crippen MR) is 142 cm³/mol. The second-order valence-corrected chi connectivity index (χ2v) is 10.1. The maximum absolute atomic E-state index is 12.5. The van der Waals surface area contributed by atoms with E-state index in [1.165, 1.54) is 18.2 Å². The highest BCUT2D eigenvalue weighted by molar-refractivity contribution is 9.11. The Morgan fingerprint density at radius 3 is 2.50 bits per heavy atom. The molecule has 0 radical (unpaired) electrons. The van der Waals surface area contributed by atoms with Gasteiger partial charge in [0.05, 0.1) is 18.8 Å². The van der Waals surface area contributed by atoms with Crippen molar-refractivity contribution in [2.45, 2.75) is 6.61 Å². The number of amides is 1. The summed E-state index contributed by atoms with van der Waals surface area (Å²) in [5.74, 6) is 0.295. The van der Waals surface area contributed by atoms with Gasteiger partial charge in [-0.2, -0.15) is 0 Å². The third kappa shape index (κ3) is 5.87. The first-order chi connectivity index (χ1) is 16.3. The Kier molecular flexibility index (Phi) is 7.72. The van der Waals surface area contributed by atoms with Gasteiger partial charge < -0.3 is 10.1 Å². The van der Waals surface area contributed by atoms with E-state index in [0.717, 1.165) is 31.8 Å². The maximum Gasteiger partial charge on any atom is 0.296 e. The van der Waals surface area contributed by atoms with Crippen molar-refractivity contribution in [3.8, 4) is 5.75 Å². The average molecular weight is 624 g/mol. The van der Waals surface area contributed by atoms with Crippen LogP contribution in [0.15, 0.2) is 79.5 Å². The van der Waals surface area contributed by atoms with Gasteiger partial charge in [0.2, 0.25) is 0 Å². The highest BCUT2D eigenvalue weighted by Gasteiger charge is 2.25. The van der Waals surface area contributed by atoms with Gasteiger partial charge >= 0.3 is 0 Å². The van der Waals surface area contributed by atoms with Crippen molar-refractivity contribution in [3.63, 3.8) is 0 Å². The number of ether oxygens (including phenoxy) is 1. The van der Waals surface area contributed by atoms with Crippen LogP contribution < -0.4 is 10.1 Å². The lowest BCUT2D eigenvalue weighted by Gasteiger charge is -2.11. The van der Waals surface area contributed by atoms with Gasteiger partial charge in [0, 0.05) is 11.1 Å². The number of benzene rings is 3. The molecule has 0 saturated carbocycles. The van der Waals surface area contributed by atoms with Gasteiger partial charge in [0.15, 0.2) is 5.17 Å². The number of rotatable bonds is 6. The fourth-order valence-electron chi connectivity index (χ4n) is 3.01. The highest BCUT2D eigenvalue weighted by Crippen LogP contribution is 2.38. The molecule has 1 saturated heterocycles. The standard InChI is InChI=1S/C23H14Br2ClN3O4S/c24-16-8-14(9-17(25)21(16)33-12-13-4-2-1-3-5-13)10-20-22(30)28-23(34-20)27-18-7-6-15(26)11-19(18)29(31)32/h1-11H,12H2,(H,27,28,30)/b20-10+. The number of amidine groups is 1. The SMILES string of the molecule is O=C1NC(=Nc2ccc(Cl)cc2[N+](=O)[O-])S/C1=C/c1cc(Br)c(OCc2ccccc2)c(Br)c1. The summed E-state index contributed by atoms with van der Waals surface area (Å²) in [4.78, 5) is 27.8. The van der Waals surface area contributed by atoms with Crippen LogP contribution in [-0.4, -0.2) is 16.0 Å². The zero-order chi connectivity index (χ0) is 24.2. The number of thioether (sulfide) groups is 1. The van der Waals surface area contributed by atoms with E-state index in [-0.39, 0.29) is 27.5 Å². The first-order valence-electron chi connectivity index (χ1n) is 9.69. The van der Waals surface area contributed by atoms with Crippen LogP contribution in [-0.2, 0) is 11.4 Å². The van der Waals surface area contributed by atoms with Gasteiger partial charge in [-0.25, -0.2) is 4.99 Å². The average Bonchev–Trinajstić information content (AvgIpc) is 3.13. The van der Waals surface area contributed by atoms with Crippen molar-refractivity contribution in [2.75, 3.05) is 0 Å². The van der Waals surface area contributed by atoms with Crippen LogP contribution in [0.3, 0.4) is 0 Å². The molecule has 0 aliphatic carbocycles. The minimum Gasteiger partial charge on any atom is -0.487 e. The molecule has 1 fully saturated rings. The molecule has 0 bridgehead atoms. The number of nitro benzene ring substituents is 1. The molecule has 1 heterocycles. The number of carbonyl (C=O) groups is 1. The van der Waals surface area contributed by atoms with Crippen LogP contribution in [0.5, 0.6) is 5.75 Å². The van der Waals surface area contributed by atoms with Gasteiger partial charge in [-0.15, -0.1) is 0 Å². The number of nitrogens with one attached hydrogen (secondary N) is 1. The Labute approximate surface area is 220 Å². The molecule has 1 aliphatic rings. The number of hydrogen-bond acceptors (Lipinski definition) is 6. The molecule has 0 atom stereocenters. The summed E-state index contributed by atoms with van der Waals surface area (Å²) >= 11 is 14.0. The fourth-order valence-corrected chi connectivity index (χ4v) is 5.46. The number of aliphatic imine (C=N–C) groups is 1. The van der Waals surface area contributed by atoms with Crippen molar-refractivity contribution >= 4 is 83.7 Å². The lowest BCUT2D eigenvalue weighted by molar-refractivity contribution is -0.384. The lowest BCUT2D eigenvalue weighted by atomic mass is 10.2. The highest BCUT2D eigenvalue weighted by atomic mass is 79.9. The Morgan fingerprint density at radius 1 is 1.12 bits per heavy atom. The number of carbonyl (C=O) groups excluding carboxylic acids is 1. The van der Waals surface area contributed by atoms with Gasteiger partial charge in [0.25, 0.3) is 11.6 Å². The Hall–Kier alpha value is -2.66. The largest absolute Gasteiger partial charge is 0.487 e. The number of nitrogens with zero attached hydrogens (tertiary/aromatic N) is 2. The second-order valence-electron chi connectivity index (χ2n) is 6.96. The Balaban J connectivity index is 1.54. The van der Waals surface area contributed by atoms with Crippen LogP contribution in [0, 0.1) is 10.1 Å². The number of nitro groups is 1. The molecule has 0 spiro atoms. The van der Waals surface area contributed by atoms with Crippen molar-refractivity contribution in [3.05, 3.63) is 101 Å². The smallest absolute Gasteiger partial charge is 0.296 e. The molecule has 172 valence electrons. The topological polar surface area (TPSA) is 93.8 Å². The number of halogens is 3. The van der Waals surface area contributed by atoms with Gasteiger partial charge in [-0.3, -0.25) is 14.9 Å². The monoisotopic (exact) mass is 621 g/mol. The van der Waals surface area contributed by atoms with Crippen molar-refractivity contribution in [1.29, 1.82) is 0 Å². The van der Waals surface area contributed by atoms with E-state index in [1.54, 1.807) is 6.08 Å². The lowest BCUT2D eigenvalue weighted by Crippen LogP contribution is -2.19. The summed E-state index contributed by atoms with van der Waals surface area (Å²) < 4.78 is 7.38. The van der Waals surface area contributed by atoms with Gasteiger partial charge in [-0.1, -0.05) is 41.9 Å². The normalized spacial score (nSPS) is 15.6. The first kappa shape index (κ1) is 24.5. The molecule has 1 N–H and O–H groups in total. The molecular formula is C23H14Br2ClN3O4S. The van der Waals surface area contributed by atoms with Gasteiger partial charge in [-0.05, 0) is 85.1 Å². The third-order valence-corrected chi connectivity index (χ3v) is 6.87. The molecule has 3 aromatic rings. The van der Waals surface area contributed by atoms with E-state index in [2.05, 4.69) is 42.2 Å². The zero-order valence-corrected chi connectivity index (χ0v) is 21.9. The van der Waals surface area contributed by atoms with E-state index in [1.807, 2.05) is 42.5 Å². The van der Waals surface area contributed by atoms with Gasteiger partial charge in [0.1, 0.15) is 18.0 Å². The molecular weight excluding hydrogens is 610 g/mol. The van der Waals surface area contributed by atoms with Crippen LogP contribution in [0.4, 0.5) is 11.4 Å². The molecule has 34 heavy (non-hydrogen) atoms. The summed E-state index contributed by atoms with van der Waals surface area (Å²) in [6.07, 6.45) is 1.70. The summed E-state index contributed by atoms with van der Waals surface area (Å²) in [5, 5.41) is 14.4. The molecule has 1 amide bonds. The third-order valence-electron chi connectivity index (χ3n) is 4.55. The van der Waals surface area contributed by atoms with E-state index < -0.39 is 4.92 Å². The molecule has 3 aromatic carbocycles. The summed E-state index contributed by atoms with van der Waals surface area (Å²) in [6.45, 7) is 0.410. The number of hydrogen-bond donors (Lipinski definition) is 1.